The minimum Gasteiger partial charge on any atom is -0.353 e. The smallest absolute Gasteiger partial charge is 0.140 e. The van der Waals surface area contributed by atoms with Crippen LogP contribution in [0.1, 0.15) is 0 Å². The molecule has 0 aliphatic carbocycles. The number of pyridine rings is 1. The average molecular weight is 284 g/mol. The molecular formula is C15H20N6. The molecule has 0 bridgehead atoms. The second kappa shape index (κ2) is 5.20. The zero-order valence-corrected chi connectivity index (χ0v) is 12.3. The third-order valence-corrected chi connectivity index (χ3v) is 4.63. The molecule has 0 saturated carbocycles. The van der Waals surface area contributed by atoms with Gasteiger partial charge in [0.25, 0.3) is 0 Å². The molecule has 2 saturated heterocycles. The Kier molecular flexibility index (Phi) is 3.20. The van der Waals surface area contributed by atoms with Crippen LogP contribution in [0.2, 0.25) is 0 Å². The summed E-state index contributed by atoms with van der Waals surface area (Å²) in [5, 5.41) is 1.10. The summed E-state index contributed by atoms with van der Waals surface area (Å²) in [6, 6.07) is 2.68. The first-order valence-corrected chi connectivity index (χ1v) is 7.53. The summed E-state index contributed by atoms with van der Waals surface area (Å²) < 4.78 is 0. The normalized spacial score (nSPS) is 21.7. The minimum atomic E-state index is 0.672. The van der Waals surface area contributed by atoms with Crippen molar-refractivity contribution in [2.75, 3.05) is 51.2 Å². The van der Waals surface area contributed by atoms with E-state index < -0.39 is 0 Å². The van der Waals surface area contributed by atoms with Gasteiger partial charge in [-0.15, -0.1) is 0 Å². The van der Waals surface area contributed by atoms with Gasteiger partial charge in [-0.05, 0) is 13.1 Å². The lowest BCUT2D eigenvalue weighted by Crippen LogP contribution is -2.63. The number of fused-ring (bicyclic) bond motifs is 1. The molecule has 2 fully saturated rings. The average Bonchev–Trinajstić information content (AvgIpc) is 2.48. The fourth-order valence-electron chi connectivity index (χ4n) is 3.19. The van der Waals surface area contributed by atoms with Gasteiger partial charge in [-0.2, -0.15) is 0 Å². The number of rotatable bonds is 2. The van der Waals surface area contributed by atoms with Crippen LogP contribution in [0.25, 0.3) is 10.9 Å². The van der Waals surface area contributed by atoms with Crippen molar-refractivity contribution >= 4 is 16.7 Å². The van der Waals surface area contributed by atoms with Crippen molar-refractivity contribution < 1.29 is 0 Å². The van der Waals surface area contributed by atoms with Crippen molar-refractivity contribution in [3.63, 3.8) is 0 Å². The lowest BCUT2D eigenvalue weighted by molar-refractivity contribution is 0.0962. The van der Waals surface area contributed by atoms with Crippen LogP contribution < -0.4 is 4.90 Å². The van der Waals surface area contributed by atoms with Gasteiger partial charge in [-0.3, -0.25) is 9.88 Å². The SMILES string of the molecule is CN1CCN(C2CN(c3ncnc4cnccc34)C2)CC1. The van der Waals surface area contributed by atoms with Crippen LogP contribution in [-0.4, -0.2) is 77.1 Å². The predicted molar refractivity (Wildman–Crippen MR) is 82.4 cm³/mol. The van der Waals surface area contributed by atoms with E-state index >= 15 is 0 Å². The van der Waals surface area contributed by atoms with Crippen LogP contribution in [0, 0.1) is 0 Å². The zero-order chi connectivity index (χ0) is 14.2. The number of aromatic nitrogens is 3. The van der Waals surface area contributed by atoms with Crippen LogP contribution in [0.3, 0.4) is 0 Å². The molecule has 21 heavy (non-hydrogen) atoms. The van der Waals surface area contributed by atoms with Crippen molar-refractivity contribution in [2.24, 2.45) is 0 Å². The van der Waals surface area contributed by atoms with Gasteiger partial charge >= 0.3 is 0 Å². The summed E-state index contributed by atoms with van der Waals surface area (Å²) in [7, 11) is 2.20. The van der Waals surface area contributed by atoms with Gasteiger partial charge in [0.1, 0.15) is 12.1 Å². The number of hydrogen-bond acceptors (Lipinski definition) is 6. The van der Waals surface area contributed by atoms with Crippen molar-refractivity contribution in [3.05, 3.63) is 24.8 Å². The molecule has 2 aliphatic rings. The number of hydrogen-bond donors (Lipinski definition) is 0. The third kappa shape index (κ3) is 2.34. The van der Waals surface area contributed by atoms with E-state index in [1.54, 1.807) is 12.5 Å². The Bertz CT molecular complexity index is 626. The molecular weight excluding hydrogens is 264 g/mol. The minimum absolute atomic E-state index is 0.672. The zero-order valence-electron chi connectivity index (χ0n) is 12.3. The molecule has 4 rings (SSSR count). The molecule has 4 heterocycles. The third-order valence-electron chi connectivity index (χ3n) is 4.63. The van der Waals surface area contributed by atoms with Crippen LogP contribution in [0.4, 0.5) is 5.82 Å². The van der Waals surface area contributed by atoms with Crippen molar-refractivity contribution in [2.45, 2.75) is 6.04 Å². The molecule has 0 amide bonds. The first kappa shape index (κ1) is 12.9. The summed E-state index contributed by atoms with van der Waals surface area (Å²) in [6.07, 6.45) is 5.26. The summed E-state index contributed by atoms with van der Waals surface area (Å²) >= 11 is 0. The monoisotopic (exact) mass is 284 g/mol. The Morgan fingerprint density at radius 2 is 1.90 bits per heavy atom. The Labute approximate surface area is 124 Å². The molecule has 2 aromatic heterocycles. The van der Waals surface area contributed by atoms with Gasteiger partial charge in [-0.25, -0.2) is 9.97 Å². The van der Waals surface area contributed by atoms with E-state index in [4.69, 9.17) is 0 Å². The first-order valence-electron chi connectivity index (χ1n) is 7.53. The fourth-order valence-corrected chi connectivity index (χ4v) is 3.19. The Morgan fingerprint density at radius 3 is 2.71 bits per heavy atom. The highest BCUT2D eigenvalue weighted by Gasteiger charge is 2.34. The molecule has 6 heteroatoms. The van der Waals surface area contributed by atoms with Crippen LogP contribution >= 0.6 is 0 Å². The Morgan fingerprint density at radius 1 is 1.10 bits per heavy atom. The highest BCUT2D eigenvalue weighted by atomic mass is 15.4. The maximum atomic E-state index is 4.48. The largest absolute Gasteiger partial charge is 0.353 e. The van der Waals surface area contributed by atoms with E-state index in [2.05, 4.69) is 36.7 Å². The van der Waals surface area contributed by atoms with Gasteiger partial charge < -0.3 is 9.80 Å². The predicted octanol–water partition coefficient (Wildman–Crippen LogP) is 0.461. The van der Waals surface area contributed by atoms with Crippen LogP contribution in [0.5, 0.6) is 0 Å². The van der Waals surface area contributed by atoms with Crippen molar-refractivity contribution in [1.82, 2.24) is 24.8 Å². The van der Waals surface area contributed by atoms with Gasteiger partial charge in [0.2, 0.25) is 0 Å². The molecule has 2 aliphatic heterocycles. The van der Waals surface area contributed by atoms with Crippen molar-refractivity contribution in [3.8, 4) is 0 Å². The highest BCUT2D eigenvalue weighted by Crippen LogP contribution is 2.27. The number of nitrogens with zero attached hydrogens (tertiary/aromatic N) is 6. The fraction of sp³-hybridized carbons (Fsp3) is 0.533. The molecule has 0 spiro atoms. The molecule has 2 aromatic rings. The summed E-state index contributed by atoms with van der Waals surface area (Å²) in [5.41, 5.74) is 0.922. The topological polar surface area (TPSA) is 48.4 Å². The van der Waals surface area contributed by atoms with E-state index in [-0.39, 0.29) is 0 Å². The molecule has 0 unspecified atom stereocenters. The quantitative estimate of drug-likeness (QED) is 0.798. The van der Waals surface area contributed by atoms with Gasteiger partial charge in [0, 0.05) is 56.9 Å². The van der Waals surface area contributed by atoms with Crippen LogP contribution in [0.15, 0.2) is 24.8 Å². The maximum Gasteiger partial charge on any atom is 0.140 e. The maximum absolute atomic E-state index is 4.48. The van der Waals surface area contributed by atoms with Gasteiger partial charge in [-0.1, -0.05) is 0 Å². The molecule has 6 nitrogen and oxygen atoms in total. The standard InChI is InChI=1S/C15H20N6/c1-19-4-6-20(7-5-19)12-9-21(10-12)15-13-2-3-16-8-14(13)17-11-18-15/h2-3,8,11-12H,4-7,9-10H2,1H3. The summed E-state index contributed by atoms with van der Waals surface area (Å²) in [4.78, 5) is 20.3. The van der Waals surface area contributed by atoms with E-state index in [0.29, 0.717) is 6.04 Å². The second-order valence-corrected chi connectivity index (χ2v) is 5.99. The van der Waals surface area contributed by atoms with E-state index in [1.165, 1.54) is 26.2 Å². The Balaban J connectivity index is 1.47. The molecule has 0 N–H and O–H groups in total. The van der Waals surface area contributed by atoms with E-state index in [9.17, 15) is 0 Å². The number of piperazine rings is 1. The molecule has 110 valence electrons. The van der Waals surface area contributed by atoms with E-state index in [0.717, 1.165) is 29.8 Å². The lowest BCUT2D eigenvalue weighted by Gasteiger charge is -2.48. The summed E-state index contributed by atoms with van der Waals surface area (Å²) in [5.74, 6) is 1.05. The number of likely N-dealkylation sites (N-methyl/N-ethyl adjacent to an activating group) is 1. The lowest BCUT2D eigenvalue weighted by atomic mass is 10.1. The molecule has 0 radical (unpaired) electrons. The summed E-state index contributed by atoms with van der Waals surface area (Å²) in [6.45, 7) is 6.86. The molecule has 0 atom stereocenters. The second-order valence-electron chi connectivity index (χ2n) is 5.99. The highest BCUT2D eigenvalue weighted by molar-refractivity contribution is 5.88. The van der Waals surface area contributed by atoms with E-state index in [1.807, 2.05) is 12.3 Å². The first-order chi connectivity index (χ1) is 10.3. The Hall–Kier alpha value is -1.79. The van der Waals surface area contributed by atoms with Gasteiger partial charge in [0.15, 0.2) is 0 Å². The van der Waals surface area contributed by atoms with Gasteiger partial charge in [0.05, 0.1) is 11.7 Å². The van der Waals surface area contributed by atoms with Crippen LogP contribution in [-0.2, 0) is 0 Å². The van der Waals surface area contributed by atoms with Crippen molar-refractivity contribution in [1.29, 1.82) is 0 Å². The molecule has 0 aromatic carbocycles. The number of anilines is 1.